The molecule has 0 unspecified atom stereocenters. The van der Waals surface area contributed by atoms with E-state index in [0.29, 0.717) is 0 Å². The van der Waals surface area contributed by atoms with Crippen LogP contribution in [0.15, 0.2) is 24.4 Å². The predicted molar refractivity (Wildman–Crippen MR) is 85.3 cm³/mol. The first-order valence-electron chi connectivity index (χ1n) is 6.68. The van der Waals surface area contributed by atoms with Gasteiger partial charge in [0.05, 0.1) is 30.4 Å². The van der Waals surface area contributed by atoms with Crippen LogP contribution in [0.4, 0.5) is 5.69 Å². The van der Waals surface area contributed by atoms with Crippen molar-refractivity contribution in [1.29, 1.82) is 0 Å². The summed E-state index contributed by atoms with van der Waals surface area (Å²) in [5.74, 6) is -1.90. The van der Waals surface area contributed by atoms with Gasteiger partial charge in [-0.25, -0.2) is 9.59 Å². The number of halogens is 1. The molecule has 0 aliphatic carbocycles. The normalized spacial score (nSPS) is 10.2. The minimum atomic E-state index is -0.660. The number of rotatable bonds is 4. The van der Waals surface area contributed by atoms with E-state index in [1.165, 1.54) is 43.3 Å². The number of methoxy groups -OCH3 is 2. The van der Waals surface area contributed by atoms with Crippen molar-refractivity contribution in [3.05, 3.63) is 46.2 Å². The second-order valence-corrected chi connectivity index (χ2v) is 5.14. The lowest BCUT2D eigenvalue weighted by molar-refractivity contribution is 0.0599. The van der Waals surface area contributed by atoms with Crippen LogP contribution in [0, 0.1) is 0 Å². The zero-order valence-corrected chi connectivity index (χ0v) is 13.9. The van der Waals surface area contributed by atoms with Crippen LogP contribution in [-0.4, -0.2) is 41.8 Å². The molecule has 0 bridgehead atoms. The maximum absolute atomic E-state index is 12.2. The molecule has 2 rings (SSSR count). The summed E-state index contributed by atoms with van der Waals surface area (Å²) in [7, 11) is 4.04. The molecule has 2 aromatic rings. The number of amides is 1. The standard InChI is InChI=1S/C15H14ClN3O5/c1-19-7-11(16)12(18-19)13(20)17-10-5-8(14(21)23-2)4-9(6-10)15(22)24-3/h4-7H,1-3H3,(H,17,20). The summed E-state index contributed by atoms with van der Waals surface area (Å²) in [5, 5.41) is 6.65. The monoisotopic (exact) mass is 351 g/mol. The maximum atomic E-state index is 12.2. The minimum Gasteiger partial charge on any atom is -0.465 e. The number of nitrogens with zero attached hydrogens (tertiary/aromatic N) is 2. The Kier molecular flexibility index (Phi) is 5.20. The Hall–Kier alpha value is -2.87. The van der Waals surface area contributed by atoms with Crippen LogP contribution >= 0.6 is 11.6 Å². The van der Waals surface area contributed by atoms with Gasteiger partial charge in [0.15, 0.2) is 5.69 Å². The predicted octanol–water partition coefficient (Wildman–Crippen LogP) is 1.90. The first-order valence-corrected chi connectivity index (χ1v) is 7.05. The summed E-state index contributed by atoms with van der Waals surface area (Å²) in [5.41, 5.74) is 0.387. The van der Waals surface area contributed by atoms with Gasteiger partial charge in [0.1, 0.15) is 0 Å². The Balaban J connectivity index is 2.38. The first-order chi connectivity index (χ1) is 11.3. The quantitative estimate of drug-likeness (QED) is 0.844. The molecule has 1 aromatic heterocycles. The summed E-state index contributed by atoms with van der Waals surface area (Å²) in [6.45, 7) is 0. The summed E-state index contributed by atoms with van der Waals surface area (Å²) in [4.78, 5) is 35.7. The molecular formula is C15H14ClN3O5. The van der Waals surface area contributed by atoms with Crippen LogP contribution in [0.5, 0.6) is 0 Å². The van der Waals surface area contributed by atoms with Crippen LogP contribution < -0.4 is 5.32 Å². The fourth-order valence-corrected chi connectivity index (χ4v) is 2.24. The fourth-order valence-electron chi connectivity index (χ4n) is 1.97. The summed E-state index contributed by atoms with van der Waals surface area (Å²) >= 11 is 5.92. The molecule has 0 atom stereocenters. The number of nitrogens with one attached hydrogen (secondary N) is 1. The molecule has 8 nitrogen and oxygen atoms in total. The van der Waals surface area contributed by atoms with Gasteiger partial charge in [-0.1, -0.05) is 11.6 Å². The van der Waals surface area contributed by atoms with E-state index in [9.17, 15) is 14.4 Å². The fraction of sp³-hybridized carbons (Fsp3) is 0.200. The maximum Gasteiger partial charge on any atom is 0.337 e. The van der Waals surface area contributed by atoms with Crippen molar-refractivity contribution in [2.24, 2.45) is 7.05 Å². The third-order valence-corrected chi connectivity index (χ3v) is 3.31. The molecule has 9 heteroatoms. The molecule has 0 saturated heterocycles. The number of aryl methyl sites for hydroxylation is 1. The molecule has 1 N–H and O–H groups in total. The summed E-state index contributed by atoms with van der Waals surface area (Å²) < 4.78 is 10.7. The Morgan fingerprint density at radius 1 is 1.08 bits per heavy atom. The van der Waals surface area contributed by atoms with Gasteiger partial charge in [-0.3, -0.25) is 9.48 Å². The summed E-state index contributed by atoms with van der Waals surface area (Å²) in [6, 6.07) is 4.04. The number of esters is 2. The van der Waals surface area contributed by atoms with Crippen molar-refractivity contribution in [2.75, 3.05) is 19.5 Å². The topological polar surface area (TPSA) is 99.5 Å². The van der Waals surface area contributed by atoms with Gasteiger partial charge in [-0.05, 0) is 18.2 Å². The largest absolute Gasteiger partial charge is 0.465 e. The zero-order chi connectivity index (χ0) is 17.9. The van der Waals surface area contributed by atoms with Gasteiger partial charge in [-0.2, -0.15) is 5.10 Å². The zero-order valence-electron chi connectivity index (χ0n) is 13.1. The Morgan fingerprint density at radius 2 is 1.62 bits per heavy atom. The van der Waals surface area contributed by atoms with E-state index in [0.717, 1.165) is 0 Å². The van der Waals surface area contributed by atoms with Crippen LogP contribution in [0.3, 0.4) is 0 Å². The smallest absolute Gasteiger partial charge is 0.337 e. The van der Waals surface area contributed by atoms with Gasteiger partial charge in [0.2, 0.25) is 0 Å². The van der Waals surface area contributed by atoms with Crippen LogP contribution in [0.2, 0.25) is 5.02 Å². The first kappa shape index (κ1) is 17.5. The van der Waals surface area contributed by atoms with Crippen molar-refractivity contribution in [2.45, 2.75) is 0 Å². The van der Waals surface area contributed by atoms with Crippen molar-refractivity contribution >= 4 is 35.1 Å². The van der Waals surface area contributed by atoms with Crippen molar-refractivity contribution in [1.82, 2.24) is 9.78 Å². The van der Waals surface area contributed by atoms with Gasteiger partial charge < -0.3 is 14.8 Å². The van der Waals surface area contributed by atoms with Crippen molar-refractivity contribution in [3.8, 4) is 0 Å². The van der Waals surface area contributed by atoms with Crippen LogP contribution in [0.25, 0.3) is 0 Å². The number of anilines is 1. The van der Waals surface area contributed by atoms with Crippen molar-refractivity contribution in [3.63, 3.8) is 0 Å². The lowest BCUT2D eigenvalue weighted by atomic mass is 10.1. The molecule has 1 amide bonds. The number of carbonyl (C=O) groups excluding carboxylic acids is 3. The summed E-state index contributed by atoms with van der Waals surface area (Å²) in [6.07, 6.45) is 1.47. The number of carbonyl (C=O) groups is 3. The average Bonchev–Trinajstić information content (AvgIpc) is 2.91. The molecule has 0 aliphatic heterocycles. The van der Waals surface area contributed by atoms with E-state index >= 15 is 0 Å². The van der Waals surface area contributed by atoms with E-state index in [2.05, 4.69) is 19.9 Å². The highest BCUT2D eigenvalue weighted by molar-refractivity contribution is 6.34. The second-order valence-electron chi connectivity index (χ2n) is 4.74. The van der Waals surface area contributed by atoms with Gasteiger partial charge in [0, 0.05) is 18.9 Å². The van der Waals surface area contributed by atoms with E-state index in [-0.39, 0.29) is 27.5 Å². The number of benzene rings is 1. The molecule has 126 valence electrons. The lowest BCUT2D eigenvalue weighted by Crippen LogP contribution is -2.15. The highest BCUT2D eigenvalue weighted by Gasteiger charge is 2.18. The van der Waals surface area contributed by atoms with E-state index in [1.807, 2.05) is 0 Å². The number of hydrogen-bond acceptors (Lipinski definition) is 6. The van der Waals surface area contributed by atoms with Crippen molar-refractivity contribution < 1.29 is 23.9 Å². The second kappa shape index (κ2) is 7.14. The minimum absolute atomic E-state index is 0.0160. The Morgan fingerprint density at radius 3 is 2.04 bits per heavy atom. The molecule has 0 aliphatic rings. The third kappa shape index (κ3) is 3.72. The average molecular weight is 352 g/mol. The van der Waals surface area contributed by atoms with E-state index in [4.69, 9.17) is 11.6 Å². The molecule has 0 fully saturated rings. The van der Waals surface area contributed by atoms with Gasteiger partial charge in [0.25, 0.3) is 5.91 Å². The Labute approximate surface area is 142 Å². The van der Waals surface area contributed by atoms with Crippen LogP contribution in [-0.2, 0) is 16.5 Å². The highest BCUT2D eigenvalue weighted by Crippen LogP contribution is 2.19. The third-order valence-electron chi connectivity index (χ3n) is 3.03. The molecule has 24 heavy (non-hydrogen) atoms. The molecule has 1 aromatic carbocycles. The van der Waals surface area contributed by atoms with Gasteiger partial charge in [-0.15, -0.1) is 0 Å². The van der Waals surface area contributed by atoms with E-state index < -0.39 is 17.8 Å². The number of ether oxygens (including phenoxy) is 2. The van der Waals surface area contributed by atoms with E-state index in [1.54, 1.807) is 7.05 Å². The molecule has 0 saturated carbocycles. The molecule has 0 spiro atoms. The molecular weight excluding hydrogens is 338 g/mol. The van der Waals surface area contributed by atoms with Gasteiger partial charge >= 0.3 is 11.9 Å². The lowest BCUT2D eigenvalue weighted by Gasteiger charge is -2.09. The Bertz CT molecular complexity index is 781. The highest BCUT2D eigenvalue weighted by atomic mass is 35.5. The van der Waals surface area contributed by atoms with Crippen LogP contribution in [0.1, 0.15) is 31.2 Å². The molecule has 1 heterocycles. The molecule has 0 radical (unpaired) electrons. The number of hydrogen-bond donors (Lipinski definition) is 1. The SMILES string of the molecule is COC(=O)c1cc(NC(=O)c2nn(C)cc2Cl)cc(C(=O)OC)c1. The number of aromatic nitrogens is 2.